The van der Waals surface area contributed by atoms with Gasteiger partial charge in [-0.2, -0.15) is 5.10 Å². The molecule has 0 aromatic carbocycles. The van der Waals surface area contributed by atoms with Gasteiger partial charge in [0.2, 0.25) is 0 Å². The highest BCUT2D eigenvalue weighted by molar-refractivity contribution is 5.43. The molecule has 0 saturated carbocycles. The zero-order valence-electron chi connectivity index (χ0n) is 13.0. The van der Waals surface area contributed by atoms with Crippen LogP contribution in [0.1, 0.15) is 26.7 Å². The Labute approximate surface area is 125 Å². The molecule has 1 N–H and O–H groups in total. The number of aliphatic hydroxyl groups is 1. The van der Waals surface area contributed by atoms with Gasteiger partial charge in [-0.05, 0) is 18.8 Å². The number of ether oxygens (including phenoxy) is 1. The van der Waals surface area contributed by atoms with Gasteiger partial charge in [-0.1, -0.05) is 13.8 Å². The van der Waals surface area contributed by atoms with E-state index in [0.717, 1.165) is 31.6 Å². The van der Waals surface area contributed by atoms with Crippen LogP contribution in [0.15, 0.2) is 17.1 Å². The minimum absolute atomic E-state index is 0.103. The minimum atomic E-state index is -0.557. The number of anilines is 1. The van der Waals surface area contributed by atoms with Crippen LogP contribution in [0.3, 0.4) is 0 Å². The van der Waals surface area contributed by atoms with Crippen molar-refractivity contribution in [3.8, 4) is 0 Å². The van der Waals surface area contributed by atoms with Crippen molar-refractivity contribution in [3.63, 3.8) is 0 Å². The molecule has 1 aromatic rings. The summed E-state index contributed by atoms with van der Waals surface area (Å²) in [7, 11) is 1.74. The molecular formula is C15H25N3O3. The summed E-state index contributed by atoms with van der Waals surface area (Å²) in [5.41, 5.74) is 0.686. The average Bonchev–Trinajstić information content (AvgIpc) is 2.49. The molecule has 6 nitrogen and oxygen atoms in total. The van der Waals surface area contributed by atoms with Crippen molar-refractivity contribution in [2.24, 2.45) is 5.92 Å². The first kappa shape index (κ1) is 16.0. The highest BCUT2D eigenvalue weighted by Crippen LogP contribution is 2.19. The minimum Gasteiger partial charge on any atom is -0.391 e. The fourth-order valence-corrected chi connectivity index (χ4v) is 2.47. The number of aliphatic hydroxyl groups excluding tert-OH is 1. The van der Waals surface area contributed by atoms with Gasteiger partial charge in [0.1, 0.15) is 0 Å². The normalized spacial score (nSPS) is 18.2. The van der Waals surface area contributed by atoms with Crippen LogP contribution >= 0.6 is 0 Å². The lowest BCUT2D eigenvalue weighted by Gasteiger charge is -2.32. The van der Waals surface area contributed by atoms with Gasteiger partial charge in [-0.3, -0.25) is 4.79 Å². The van der Waals surface area contributed by atoms with Crippen molar-refractivity contribution in [2.45, 2.75) is 45.4 Å². The zero-order chi connectivity index (χ0) is 15.4. The van der Waals surface area contributed by atoms with Crippen molar-refractivity contribution in [1.82, 2.24) is 9.78 Å². The average molecular weight is 295 g/mol. The number of nitrogens with zero attached hydrogens (tertiary/aromatic N) is 3. The lowest BCUT2D eigenvalue weighted by Crippen LogP contribution is -2.38. The molecule has 1 saturated heterocycles. The fourth-order valence-electron chi connectivity index (χ4n) is 2.47. The maximum Gasteiger partial charge on any atom is 0.268 e. The summed E-state index contributed by atoms with van der Waals surface area (Å²) in [4.78, 5) is 14.3. The topological polar surface area (TPSA) is 67.6 Å². The summed E-state index contributed by atoms with van der Waals surface area (Å²) in [6, 6.07) is 1.60. The smallest absolute Gasteiger partial charge is 0.268 e. The number of methoxy groups -OCH3 is 1. The number of hydrogen-bond acceptors (Lipinski definition) is 5. The lowest BCUT2D eigenvalue weighted by molar-refractivity contribution is 0.0818. The lowest BCUT2D eigenvalue weighted by atomic mass is 10.1. The molecule has 2 heterocycles. The second-order valence-electron chi connectivity index (χ2n) is 5.97. The number of piperidine rings is 1. The molecule has 1 atom stereocenters. The highest BCUT2D eigenvalue weighted by Gasteiger charge is 2.20. The molecule has 2 rings (SSSR count). The Balaban J connectivity index is 2.04. The van der Waals surface area contributed by atoms with E-state index < -0.39 is 6.10 Å². The van der Waals surface area contributed by atoms with E-state index in [1.54, 1.807) is 19.4 Å². The molecule has 1 fully saturated rings. The summed E-state index contributed by atoms with van der Waals surface area (Å²) in [6.07, 6.45) is 3.40. The Hall–Kier alpha value is -1.40. The molecule has 1 aliphatic rings. The Bertz CT molecular complexity index is 507. The van der Waals surface area contributed by atoms with Gasteiger partial charge in [-0.25, -0.2) is 4.68 Å². The summed E-state index contributed by atoms with van der Waals surface area (Å²) in [6.45, 7) is 5.83. The van der Waals surface area contributed by atoms with Crippen molar-refractivity contribution in [2.75, 3.05) is 25.1 Å². The zero-order valence-corrected chi connectivity index (χ0v) is 13.0. The third-order valence-corrected chi connectivity index (χ3v) is 4.13. The van der Waals surface area contributed by atoms with Gasteiger partial charge < -0.3 is 14.7 Å². The van der Waals surface area contributed by atoms with Gasteiger partial charge in [0.05, 0.1) is 30.6 Å². The molecule has 0 spiro atoms. The van der Waals surface area contributed by atoms with Gasteiger partial charge in [0.15, 0.2) is 0 Å². The monoisotopic (exact) mass is 295 g/mol. The second kappa shape index (κ2) is 7.04. The van der Waals surface area contributed by atoms with Crippen LogP contribution in [0, 0.1) is 5.92 Å². The van der Waals surface area contributed by atoms with Gasteiger partial charge in [-0.15, -0.1) is 0 Å². The van der Waals surface area contributed by atoms with E-state index in [-0.39, 0.29) is 18.0 Å². The summed E-state index contributed by atoms with van der Waals surface area (Å²) >= 11 is 0. The molecule has 21 heavy (non-hydrogen) atoms. The van der Waals surface area contributed by atoms with E-state index in [0.29, 0.717) is 6.10 Å². The van der Waals surface area contributed by atoms with E-state index in [9.17, 15) is 9.90 Å². The third kappa shape index (κ3) is 4.04. The predicted octanol–water partition coefficient (Wildman–Crippen LogP) is 0.875. The maximum atomic E-state index is 12.1. The Morgan fingerprint density at radius 3 is 2.62 bits per heavy atom. The summed E-state index contributed by atoms with van der Waals surface area (Å²) in [5, 5.41) is 14.0. The molecule has 0 aliphatic carbocycles. The second-order valence-corrected chi connectivity index (χ2v) is 5.97. The first-order valence-electron chi connectivity index (χ1n) is 7.54. The Kier molecular flexibility index (Phi) is 5.36. The predicted molar refractivity (Wildman–Crippen MR) is 81.6 cm³/mol. The molecule has 0 amide bonds. The van der Waals surface area contributed by atoms with Crippen molar-refractivity contribution < 1.29 is 9.84 Å². The molecule has 0 radical (unpaired) electrons. The standard InChI is InChI=1S/C15H25N3O3/c1-11(2)14(19)10-18-15(20)8-12(9-16-18)17-6-4-13(21-3)5-7-17/h8-9,11,13-14,19H,4-7,10H2,1-3H3. The molecule has 1 unspecified atom stereocenters. The van der Waals surface area contributed by atoms with Crippen LogP contribution in [0.2, 0.25) is 0 Å². The van der Waals surface area contributed by atoms with Gasteiger partial charge in [0, 0.05) is 26.3 Å². The van der Waals surface area contributed by atoms with Crippen LogP contribution in [-0.2, 0) is 11.3 Å². The number of hydrogen-bond donors (Lipinski definition) is 1. The third-order valence-electron chi connectivity index (χ3n) is 4.13. The highest BCUT2D eigenvalue weighted by atomic mass is 16.5. The number of aromatic nitrogens is 2. The Morgan fingerprint density at radius 2 is 2.10 bits per heavy atom. The SMILES string of the molecule is COC1CCN(c2cnn(CC(O)C(C)C)c(=O)c2)CC1. The van der Waals surface area contributed by atoms with Crippen molar-refractivity contribution >= 4 is 5.69 Å². The van der Waals surface area contributed by atoms with Crippen molar-refractivity contribution in [3.05, 3.63) is 22.6 Å². The number of rotatable bonds is 5. The van der Waals surface area contributed by atoms with E-state index >= 15 is 0 Å². The molecule has 0 bridgehead atoms. The maximum absolute atomic E-state index is 12.1. The largest absolute Gasteiger partial charge is 0.391 e. The molecule has 1 aliphatic heterocycles. The quantitative estimate of drug-likeness (QED) is 0.873. The van der Waals surface area contributed by atoms with Crippen LogP contribution < -0.4 is 10.5 Å². The first-order chi connectivity index (χ1) is 10.0. The summed E-state index contributed by atoms with van der Waals surface area (Å²) < 4.78 is 6.68. The Morgan fingerprint density at radius 1 is 1.43 bits per heavy atom. The van der Waals surface area contributed by atoms with Crippen LogP contribution in [0.5, 0.6) is 0 Å². The molecule has 118 valence electrons. The van der Waals surface area contributed by atoms with E-state index in [1.165, 1.54) is 4.68 Å². The van der Waals surface area contributed by atoms with Gasteiger partial charge in [0.25, 0.3) is 5.56 Å². The van der Waals surface area contributed by atoms with E-state index in [1.807, 2.05) is 13.8 Å². The fraction of sp³-hybridized carbons (Fsp3) is 0.733. The van der Waals surface area contributed by atoms with Crippen molar-refractivity contribution in [1.29, 1.82) is 0 Å². The van der Waals surface area contributed by atoms with E-state index in [2.05, 4.69) is 10.00 Å². The first-order valence-corrected chi connectivity index (χ1v) is 7.54. The molecular weight excluding hydrogens is 270 g/mol. The summed E-state index contributed by atoms with van der Waals surface area (Å²) in [5.74, 6) is 0.103. The van der Waals surface area contributed by atoms with Gasteiger partial charge >= 0.3 is 0 Å². The molecule has 6 heteroatoms. The van der Waals surface area contributed by atoms with Crippen LogP contribution in [-0.4, -0.2) is 47.3 Å². The molecule has 1 aromatic heterocycles. The van der Waals surface area contributed by atoms with Crippen LogP contribution in [0.25, 0.3) is 0 Å². The van der Waals surface area contributed by atoms with Crippen LogP contribution in [0.4, 0.5) is 5.69 Å². The van der Waals surface area contributed by atoms with E-state index in [4.69, 9.17) is 4.74 Å².